The van der Waals surface area contributed by atoms with Crippen molar-refractivity contribution in [3.63, 3.8) is 0 Å². The summed E-state index contributed by atoms with van der Waals surface area (Å²) in [5, 5.41) is 12.6. The summed E-state index contributed by atoms with van der Waals surface area (Å²) >= 11 is 5.39. The number of anilines is 1. The molecular weight excluding hydrogens is 230 g/mol. The summed E-state index contributed by atoms with van der Waals surface area (Å²) in [4.78, 5) is 2.13. The number of nitrogens with zero attached hydrogens (tertiary/aromatic N) is 2. The SMILES string of the molecule is N#CCCN(C(=S)Nc1ccccc1)C1CC1. The first kappa shape index (κ1) is 11.9. The van der Waals surface area contributed by atoms with Crippen LogP contribution in [0.2, 0.25) is 0 Å². The second-order valence-electron chi connectivity index (χ2n) is 4.13. The second kappa shape index (κ2) is 5.65. The fourth-order valence-corrected chi connectivity index (χ4v) is 2.08. The van der Waals surface area contributed by atoms with Crippen molar-refractivity contribution in [3.8, 4) is 6.07 Å². The van der Waals surface area contributed by atoms with Gasteiger partial charge in [-0.1, -0.05) is 18.2 Å². The smallest absolute Gasteiger partial charge is 0.173 e. The third-order valence-electron chi connectivity index (χ3n) is 2.74. The Morgan fingerprint density at radius 2 is 2.12 bits per heavy atom. The summed E-state index contributed by atoms with van der Waals surface area (Å²) in [6.45, 7) is 0.722. The Hall–Kier alpha value is -1.60. The van der Waals surface area contributed by atoms with E-state index in [0.29, 0.717) is 12.5 Å². The lowest BCUT2D eigenvalue weighted by atomic mass is 10.3. The minimum absolute atomic E-state index is 0.521. The van der Waals surface area contributed by atoms with Gasteiger partial charge in [-0.15, -0.1) is 0 Å². The first-order valence-corrected chi connectivity index (χ1v) is 6.21. The number of nitriles is 1. The lowest BCUT2D eigenvalue weighted by Crippen LogP contribution is -2.37. The Kier molecular flexibility index (Phi) is 3.94. The van der Waals surface area contributed by atoms with Gasteiger partial charge in [0, 0.05) is 18.3 Å². The summed E-state index contributed by atoms with van der Waals surface area (Å²) in [6, 6.07) is 12.6. The van der Waals surface area contributed by atoms with E-state index >= 15 is 0 Å². The van der Waals surface area contributed by atoms with Crippen LogP contribution in [-0.4, -0.2) is 22.6 Å². The molecule has 1 fully saturated rings. The standard InChI is InChI=1S/C13H15N3S/c14-9-4-10-16(12-7-8-12)13(17)15-11-5-2-1-3-6-11/h1-3,5-6,12H,4,7-8,10H2,(H,15,17). The highest BCUT2D eigenvalue weighted by atomic mass is 32.1. The van der Waals surface area contributed by atoms with Gasteiger partial charge in [-0.05, 0) is 37.2 Å². The summed E-state index contributed by atoms with van der Waals surface area (Å²) in [6.07, 6.45) is 2.89. The summed E-state index contributed by atoms with van der Waals surface area (Å²) in [5.41, 5.74) is 1.00. The maximum absolute atomic E-state index is 8.65. The van der Waals surface area contributed by atoms with Crippen LogP contribution in [0, 0.1) is 11.3 Å². The van der Waals surface area contributed by atoms with Crippen LogP contribution in [0.4, 0.5) is 5.69 Å². The average Bonchev–Trinajstić information content (AvgIpc) is 3.15. The van der Waals surface area contributed by atoms with E-state index in [-0.39, 0.29) is 0 Å². The molecule has 2 rings (SSSR count). The molecule has 0 aliphatic heterocycles. The maximum Gasteiger partial charge on any atom is 0.173 e. The van der Waals surface area contributed by atoms with Gasteiger partial charge in [-0.3, -0.25) is 0 Å². The molecule has 17 heavy (non-hydrogen) atoms. The maximum atomic E-state index is 8.65. The molecule has 0 amide bonds. The monoisotopic (exact) mass is 245 g/mol. The molecule has 1 saturated carbocycles. The number of rotatable bonds is 4. The van der Waals surface area contributed by atoms with Gasteiger partial charge in [-0.25, -0.2) is 0 Å². The topological polar surface area (TPSA) is 39.1 Å². The first-order valence-electron chi connectivity index (χ1n) is 5.81. The molecule has 88 valence electrons. The van der Waals surface area contributed by atoms with E-state index in [1.165, 1.54) is 12.8 Å². The molecule has 1 N–H and O–H groups in total. The quantitative estimate of drug-likeness (QED) is 0.828. The molecule has 0 spiro atoms. The van der Waals surface area contributed by atoms with Gasteiger partial charge in [0.25, 0.3) is 0 Å². The van der Waals surface area contributed by atoms with Crippen molar-refractivity contribution in [3.05, 3.63) is 30.3 Å². The van der Waals surface area contributed by atoms with E-state index in [1.807, 2.05) is 30.3 Å². The lowest BCUT2D eigenvalue weighted by molar-refractivity contribution is 0.424. The molecule has 1 aromatic carbocycles. The van der Waals surface area contributed by atoms with Gasteiger partial charge in [-0.2, -0.15) is 5.26 Å². The zero-order chi connectivity index (χ0) is 12.1. The molecule has 1 aliphatic rings. The van der Waals surface area contributed by atoms with Crippen molar-refractivity contribution >= 4 is 23.0 Å². The highest BCUT2D eigenvalue weighted by Gasteiger charge is 2.30. The minimum Gasteiger partial charge on any atom is -0.345 e. The molecule has 4 heteroatoms. The fourth-order valence-electron chi connectivity index (χ4n) is 1.72. The van der Waals surface area contributed by atoms with Gasteiger partial charge in [0.15, 0.2) is 5.11 Å². The minimum atomic E-state index is 0.521. The van der Waals surface area contributed by atoms with E-state index in [9.17, 15) is 0 Å². The third-order valence-corrected chi connectivity index (χ3v) is 3.07. The fraction of sp³-hybridized carbons (Fsp3) is 0.385. The van der Waals surface area contributed by atoms with Crippen molar-refractivity contribution < 1.29 is 0 Å². The molecule has 0 aromatic heterocycles. The molecule has 0 saturated heterocycles. The zero-order valence-corrected chi connectivity index (χ0v) is 10.4. The molecular formula is C13H15N3S. The summed E-state index contributed by atoms with van der Waals surface area (Å²) < 4.78 is 0. The predicted octanol–water partition coefficient (Wildman–Crippen LogP) is 2.76. The number of nitrogens with one attached hydrogen (secondary N) is 1. The molecule has 0 radical (unpaired) electrons. The zero-order valence-electron chi connectivity index (χ0n) is 9.60. The number of thiocarbonyl (C=S) groups is 1. The van der Waals surface area contributed by atoms with Crippen molar-refractivity contribution in [1.82, 2.24) is 4.90 Å². The Labute approximate surface area is 107 Å². The predicted molar refractivity (Wildman–Crippen MR) is 72.6 cm³/mol. The van der Waals surface area contributed by atoms with Crippen molar-refractivity contribution in [2.45, 2.75) is 25.3 Å². The molecule has 0 heterocycles. The molecule has 1 aliphatic carbocycles. The van der Waals surface area contributed by atoms with E-state index in [0.717, 1.165) is 17.3 Å². The Bertz CT molecular complexity index is 420. The van der Waals surface area contributed by atoms with Crippen molar-refractivity contribution in [1.29, 1.82) is 5.26 Å². The van der Waals surface area contributed by atoms with Crippen LogP contribution < -0.4 is 5.32 Å². The lowest BCUT2D eigenvalue weighted by Gasteiger charge is -2.24. The Balaban J connectivity index is 1.95. The number of benzene rings is 1. The molecule has 0 atom stereocenters. The van der Waals surface area contributed by atoms with E-state index in [4.69, 9.17) is 17.5 Å². The van der Waals surface area contributed by atoms with Gasteiger partial charge in [0.2, 0.25) is 0 Å². The largest absolute Gasteiger partial charge is 0.345 e. The Morgan fingerprint density at radius 3 is 2.71 bits per heavy atom. The molecule has 1 aromatic rings. The van der Waals surface area contributed by atoms with Crippen LogP contribution >= 0.6 is 12.2 Å². The van der Waals surface area contributed by atoms with E-state index in [1.54, 1.807) is 0 Å². The number of hydrogen-bond acceptors (Lipinski definition) is 2. The van der Waals surface area contributed by atoms with Crippen LogP contribution in [-0.2, 0) is 0 Å². The van der Waals surface area contributed by atoms with Crippen LogP contribution in [0.1, 0.15) is 19.3 Å². The van der Waals surface area contributed by atoms with Crippen LogP contribution in [0.25, 0.3) is 0 Å². The summed E-state index contributed by atoms with van der Waals surface area (Å²) in [7, 11) is 0. The molecule has 0 unspecified atom stereocenters. The van der Waals surface area contributed by atoms with Crippen molar-refractivity contribution in [2.75, 3.05) is 11.9 Å². The van der Waals surface area contributed by atoms with E-state index < -0.39 is 0 Å². The molecule has 3 nitrogen and oxygen atoms in total. The number of para-hydroxylation sites is 1. The van der Waals surface area contributed by atoms with Gasteiger partial charge in [0.1, 0.15) is 0 Å². The normalized spacial score (nSPS) is 13.8. The van der Waals surface area contributed by atoms with Crippen LogP contribution in [0.3, 0.4) is 0 Å². The first-order chi connectivity index (χ1) is 8.31. The molecule has 0 bridgehead atoms. The second-order valence-corrected chi connectivity index (χ2v) is 4.52. The Morgan fingerprint density at radius 1 is 1.41 bits per heavy atom. The van der Waals surface area contributed by atoms with Gasteiger partial charge >= 0.3 is 0 Å². The highest BCUT2D eigenvalue weighted by Crippen LogP contribution is 2.27. The van der Waals surface area contributed by atoms with Crippen LogP contribution in [0.15, 0.2) is 30.3 Å². The summed E-state index contributed by atoms with van der Waals surface area (Å²) in [5.74, 6) is 0. The van der Waals surface area contributed by atoms with Crippen molar-refractivity contribution in [2.24, 2.45) is 0 Å². The third kappa shape index (κ3) is 3.43. The van der Waals surface area contributed by atoms with E-state index in [2.05, 4.69) is 16.3 Å². The number of hydrogen-bond donors (Lipinski definition) is 1. The van der Waals surface area contributed by atoms with Gasteiger partial charge < -0.3 is 10.2 Å². The highest BCUT2D eigenvalue weighted by molar-refractivity contribution is 7.80. The van der Waals surface area contributed by atoms with Crippen LogP contribution in [0.5, 0.6) is 0 Å². The average molecular weight is 245 g/mol. The van der Waals surface area contributed by atoms with Gasteiger partial charge in [0.05, 0.1) is 12.5 Å².